The highest BCUT2D eigenvalue weighted by molar-refractivity contribution is 7.12. The van der Waals surface area contributed by atoms with Crippen molar-refractivity contribution in [2.24, 2.45) is 5.90 Å². The molecule has 1 saturated carbocycles. The summed E-state index contributed by atoms with van der Waals surface area (Å²) in [6.45, 7) is 0.568. The summed E-state index contributed by atoms with van der Waals surface area (Å²) in [6, 6.07) is 6.00. The van der Waals surface area contributed by atoms with Gasteiger partial charge in [0.15, 0.2) is 0 Å². The maximum atomic E-state index is 8.67. The van der Waals surface area contributed by atoms with Crippen molar-refractivity contribution in [1.82, 2.24) is 0 Å². The molecule has 1 fully saturated rings. The van der Waals surface area contributed by atoms with Crippen molar-refractivity contribution in [1.29, 1.82) is 5.26 Å². The molecule has 0 amide bonds. The first-order valence-electron chi connectivity index (χ1n) is 4.13. The Kier molecular flexibility index (Phi) is 2.08. The number of thiophene rings is 1. The maximum Gasteiger partial charge on any atom is 0.110 e. The van der Waals surface area contributed by atoms with Gasteiger partial charge in [-0.3, -0.25) is 0 Å². The standard InChI is InChI=1S/C9H10N2OS/c10-5-7-1-2-8(13-7)9(3-4-9)6-12-11/h1-2H,3-4,6,11H2. The summed E-state index contributed by atoms with van der Waals surface area (Å²) < 4.78 is 0. The van der Waals surface area contributed by atoms with E-state index < -0.39 is 0 Å². The van der Waals surface area contributed by atoms with E-state index in [1.807, 2.05) is 12.1 Å². The fourth-order valence-electron chi connectivity index (χ4n) is 1.46. The van der Waals surface area contributed by atoms with Crippen LogP contribution in [0.3, 0.4) is 0 Å². The van der Waals surface area contributed by atoms with Gasteiger partial charge in [-0.2, -0.15) is 5.26 Å². The zero-order valence-corrected chi connectivity index (χ0v) is 7.93. The molecule has 1 aliphatic rings. The molecule has 2 N–H and O–H groups in total. The molecule has 0 aromatic carbocycles. The Labute approximate surface area is 80.7 Å². The van der Waals surface area contributed by atoms with E-state index in [9.17, 15) is 0 Å². The number of hydrogen-bond donors (Lipinski definition) is 1. The zero-order valence-electron chi connectivity index (χ0n) is 7.12. The Morgan fingerprint density at radius 3 is 2.85 bits per heavy atom. The van der Waals surface area contributed by atoms with Gasteiger partial charge >= 0.3 is 0 Å². The van der Waals surface area contributed by atoms with E-state index in [1.165, 1.54) is 4.88 Å². The minimum absolute atomic E-state index is 0.133. The molecule has 4 heteroatoms. The van der Waals surface area contributed by atoms with Crippen molar-refractivity contribution in [2.45, 2.75) is 18.3 Å². The molecular weight excluding hydrogens is 184 g/mol. The third-order valence-electron chi connectivity index (χ3n) is 2.45. The van der Waals surface area contributed by atoms with Gasteiger partial charge in [0.05, 0.1) is 6.61 Å². The summed E-state index contributed by atoms with van der Waals surface area (Å²) in [4.78, 5) is 6.68. The maximum absolute atomic E-state index is 8.67. The van der Waals surface area contributed by atoms with Crippen LogP contribution in [0.2, 0.25) is 0 Å². The predicted molar refractivity (Wildman–Crippen MR) is 50.1 cm³/mol. The Morgan fingerprint density at radius 2 is 2.38 bits per heavy atom. The molecular formula is C9H10N2OS. The monoisotopic (exact) mass is 194 g/mol. The summed E-state index contributed by atoms with van der Waals surface area (Å²) in [5.74, 6) is 5.07. The van der Waals surface area contributed by atoms with Crippen LogP contribution in [-0.4, -0.2) is 6.61 Å². The minimum Gasteiger partial charge on any atom is -0.304 e. The van der Waals surface area contributed by atoms with Gasteiger partial charge in [-0.05, 0) is 25.0 Å². The Morgan fingerprint density at radius 1 is 1.62 bits per heavy atom. The van der Waals surface area contributed by atoms with Crippen molar-refractivity contribution in [3.05, 3.63) is 21.9 Å². The molecule has 0 spiro atoms. The van der Waals surface area contributed by atoms with Crippen LogP contribution < -0.4 is 5.90 Å². The third kappa shape index (κ3) is 1.46. The van der Waals surface area contributed by atoms with Crippen molar-refractivity contribution in [2.75, 3.05) is 6.61 Å². The summed E-state index contributed by atoms with van der Waals surface area (Å²) in [7, 11) is 0. The van der Waals surface area contributed by atoms with Gasteiger partial charge in [0, 0.05) is 10.3 Å². The van der Waals surface area contributed by atoms with Gasteiger partial charge in [-0.25, -0.2) is 5.90 Å². The van der Waals surface area contributed by atoms with Crippen LogP contribution in [-0.2, 0) is 10.3 Å². The van der Waals surface area contributed by atoms with Crippen molar-refractivity contribution < 1.29 is 4.84 Å². The van der Waals surface area contributed by atoms with Crippen LogP contribution in [0.4, 0.5) is 0 Å². The molecule has 0 aliphatic heterocycles. The molecule has 0 unspecified atom stereocenters. The minimum atomic E-state index is 0.133. The van der Waals surface area contributed by atoms with Crippen LogP contribution in [0.15, 0.2) is 12.1 Å². The average molecular weight is 194 g/mol. The van der Waals surface area contributed by atoms with E-state index in [-0.39, 0.29) is 5.41 Å². The van der Waals surface area contributed by atoms with Gasteiger partial charge in [-0.1, -0.05) is 0 Å². The van der Waals surface area contributed by atoms with Crippen molar-refractivity contribution >= 4 is 11.3 Å². The van der Waals surface area contributed by atoms with Gasteiger partial charge in [-0.15, -0.1) is 11.3 Å². The molecule has 0 saturated heterocycles. The molecule has 68 valence electrons. The Bertz CT molecular complexity index is 349. The quantitative estimate of drug-likeness (QED) is 0.742. The van der Waals surface area contributed by atoms with Crippen molar-refractivity contribution in [3.63, 3.8) is 0 Å². The second-order valence-electron chi connectivity index (χ2n) is 3.37. The highest BCUT2D eigenvalue weighted by atomic mass is 32.1. The van der Waals surface area contributed by atoms with E-state index in [1.54, 1.807) is 11.3 Å². The van der Waals surface area contributed by atoms with Gasteiger partial charge in [0.25, 0.3) is 0 Å². The Balaban J connectivity index is 2.21. The zero-order chi connectivity index (χ0) is 9.31. The molecule has 1 aromatic heterocycles. The summed E-state index contributed by atoms with van der Waals surface area (Å²) in [5.41, 5.74) is 0.133. The summed E-state index contributed by atoms with van der Waals surface area (Å²) >= 11 is 1.55. The van der Waals surface area contributed by atoms with Gasteiger partial charge in [0.1, 0.15) is 10.9 Å². The van der Waals surface area contributed by atoms with Crippen molar-refractivity contribution in [3.8, 4) is 6.07 Å². The third-order valence-corrected chi connectivity index (χ3v) is 3.69. The first kappa shape index (κ1) is 8.70. The number of nitriles is 1. The lowest BCUT2D eigenvalue weighted by atomic mass is 10.1. The van der Waals surface area contributed by atoms with E-state index in [0.29, 0.717) is 6.61 Å². The Hall–Kier alpha value is -0.890. The van der Waals surface area contributed by atoms with Crippen LogP contribution in [0.25, 0.3) is 0 Å². The van der Waals surface area contributed by atoms with Gasteiger partial charge in [0.2, 0.25) is 0 Å². The molecule has 1 aliphatic carbocycles. The average Bonchev–Trinajstić information content (AvgIpc) is 2.78. The first-order valence-corrected chi connectivity index (χ1v) is 4.94. The first-order chi connectivity index (χ1) is 6.30. The summed E-state index contributed by atoms with van der Waals surface area (Å²) in [6.07, 6.45) is 2.24. The topological polar surface area (TPSA) is 59.0 Å². The number of hydrogen-bond acceptors (Lipinski definition) is 4. The van der Waals surface area contributed by atoms with E-state index in [0.717, 1.165) is 17.7 Å². The number of nitrogens with two attached hydrogens (primary N) is 1. The lowest BCUT2D eigenvalue weighted by molar-refractivity contribution is 0.117. The summed E-state index contributed by atoms with van der Waals surface area (Å²) in [5, 5.41) is 8.67. The van der Waals surface area contributed by atoms with Crippen LogP contribution >= 0.6 is 11.3 Å². The fraction of sp³-hybridized carbons (Fsp3) is 0.444. The normalized spacial score (nSPS) is 18.2. The molecule has 0 atom stereocenters. The lowest BCUT2D eigenvalue weighted by Crippen LogP contribution is -2.16. The second kappa shape index (κ2) is 3.11. The molecule has 3 nitrogen and oxygen atoms in total. The predicted octanol–water partition coefficient (Wildman–Crippen LogP) is 1.54. The number of rotatable bonds is 3. The van der Waals surface area contributed by atoms with E-state index >= 15 is 0 Å². The van der Waals surface area contributed by atoms with Gasteiger partial charge < -0.3 is 4.84 Å². The number of nitrogens with zero attached hydrogens (tertiary/aromatic N) is 1. The SMILES string of the molecule is N#Cc1ccc(C2(CON)CC2)s1. The fourth-order valence-corrected chi connectivity index (χ4v) is 2.49. The molecule has 13 heavy (non-hydrogen) atoms. The molecule has 1 aromatic rings. The van der Waals surface area contributed by atoms with Crippen LogP contribution in [0, 0.1) is 11.3 Å². The van der Waals surface area contributed by atoms with Crippen LogP contribution in [0.5, 0.6) is 0 Å². The molecule has 0 radical (unpaired) electrons. The highest BCUT2D eigenvalue weighted by Gasteiger charge is 2.45. The smallest absolute Gasteiger partial charge is 0.110 e. The van der Waals surface area contributed by atoms with E-state index in [2.05, 4.69) is 6.07 Å². The highest BCUT2D eigenvalue weighted by Crippen LogP contribution is 2.50. The molecule has 2 rings (SSSR count). The molecule has 0 bridgehead atoms. The van der Waals surface area contributed by atoms with E-state index in [4.69, 9.17) is 16.0 Å². The van der Waals surface area contributed by atoms with Crippen LogP contribution in [0.1, 0.15) is 22.6 Å². The largest absolute Gasteiger partial charge is 0.304 e. The lowest BCUT2D eigenvalue weighted by Gasteiger charge is -2.09. The second-order valence-corrected chi connectivity index (χ2v) is 4.45. The molecule has 1 heterocycles.